The first-order chi connectivity index (χ1) is 14.2. The number of rotatable bonds is 13. The average Bonchev–Trinajstić information content (AvgIpc) is 2.77. The highest BCUT2D eigenvalue weighted by atomic mass is 16.1. The molecule has 2 heteroatoms. The maximum absolute atomic E-state index is 13.3. The van der Waals surface area contributed by atoms with Crippen LogP contribution < -0.4 is 0 Å². The number of unbranched alkanes of at least 4 members (excludes halogenated alkanes) is 6. The van der Waals surface area contributed by atoms with Crippen molar-refractivity contribution in [2.75, 3.05) is 0 Å². The topological polar surface area (TPSA) is 40.9 Å². The number of carbonyl (C=O) groups excluding carboxylic acids is 1. The van der Waals surface area contributed by atoms with E-state index >= 15 is 0 Å². The second-order valence-corrected chi connectivity index (χ2v) is 9.23. The summed E-state index contributed by atoms with van der Waals surface area (Å²) in [5, 5.41) is 9.91. The maximum atomic E-state index is 13.3. The minimum atomic E-state index is -0.132. The van der Waals surface area contributed by atoms with Crippen LogP contribution >= 0.6 is 0 Å². The highest BCUT2D eigenvalue weighted by molar-refractivity contribution is 5.98. The predicted octanol–water partition coefficient (Wildman–Crippen LogP) is 8.13. The van der Waals surface area contributed by atoms with Crippen molar-refractivity contribution >= 4 is 5.78 Å². The molecule has 0 saturated heterocycles. The van der Waals surface area contributed by atoms with Gasteiger partial charge in [0.15, 0.2) is 5.78 Å². The van der Waals surface area contributed by atoms with Crippen molar-refractivity contribution in [3.8, 4) is 6.07 Å². The van der Waals surface area contributed by atoms with E-state index in [1.807, 2.05) is 30.3 Å². The van der Waals surface area contributed by atoms with E-state index in [0.717, 1.165) is 50.5 Å². The van der Waals surface area contributed by atoms with Crippen LogP contribution in [0.25, 0.3) is 0 Å². The Hall–Kier alpha value is -1.62. The average molecular weight is 396 g/mol. The number of nitrogens with zero attached hydrogens (tertiary/aromatic N) is 1. The number of hydrogen-bond donors (Lipinski definition) is 0. The molecule has 160 valence electrons. The van der Waals surface area contributed by atoms with Crippen molar-refractivity contribution in [1.29, 1.82) is 5.26 Å². The first-order valence-corrected chi connectivity index (χ1v) is 12.2. The van der Waals surface area contributed by atoms with Gasteiger partial charge in [-0.25, -0.2) is 0 Å². The van der Waals surface area contributed by atoms with E-state index in [-0.39, 0.29) is 11.3 Å². The number of carbonyl (C=O) groups is 1. The monoisotopic (exact) mass is 395 g/mol. The third-order valence-corrected chi connectivity index (χ3v) is 7.07. The molecule has 1 unspecified atom stereocenters. The van der Waals surface area contributed by atoms with Crippen molar-refractivity contribution in [3.63, 3.8) is 0 Å². The van der Waals surface area contributed by atoms with E-state index in [4.69, 9.17) is 0 Å². The smallest absolute Gasteiger partial charge is 0.166 e. The van der Waals surface area contributed by atoms with E-state index in [1.165, 1.54) is 44.9 Å². The van der Waals surface area contributed by atoms with Crippen molar-refractivity contribution in [2.24, 2.45) is 17.3 Å². The molecule has 1 saturated carbocycles. The van der Waals surface area contributed by atoms with Gasteiger partial charge < -0.3 is 0 Å². The first kappa shape index (κ1) is 23.7. The van der Waals surface area contributed by atoms with Crippen molar-refractivity contribution in [1.82, 2.24) is 0 Å². The molecule has 1 atom stereocenters. The summed E-state index contributed by atoms with van der Waals surface area (Å²) in [4.78, 5) is 13.3. The predicted molar refractivity (Wildman–Crippen MR) is 122 cm³/mol. The Morgan fingerprint density at radius 3 is 2.24 bits per heavy atom. The van der Waals surface area contributed by atoms with E-state index in [0.29, 0.717) is 11.7 Å². The van der Waals surface area contributed by atoms with Gasteiger partial charge in [0.05, 0.1) is 11.5 Å². The molecule has 0 aliphatic heterocycles. The molecule has 1 aromatic carbocycles. The standard InChI is InChI=1S/C27H41NO/c1-3-5-7-8-13-19-27(22-28)20-17-23(18-21-27)25(16-10-6-4-2)26(29)24-14-11-9-12-15-24/h9,11-12,14-15,23,25H,3-8,10,13,16-21H2,1-2H3. The zero-order chi connectivity index (χ0) is 21.0. The fourth-order valence-corrected chi connectivity index (χ4v) is 5.09. The van der Waals surface area contributed by atoms with Gasteiger partial charge in [0.25, 0.3) is 0 Å². The Balaban J connectivity index is 1.97. The van der Waals surface area contributed by atoms with Crippen LogP contribution in [0.5, 0.6) is 0 Å². The van der Waals surface area contributed by atoms with Crippen LogP contribution in [0.4, 0.5) is 0 Å². The van der Waals surface area contributed by atoms with Gasteiger partial charge in [-0.1, -0.05) is 95.5 Å². The Morgan fingerprint density at radius 1 is 1.00 bits per heavy atom. The van der Waals surface area contributed by atoms with Crippen LogP contribution in [0, 0.1) is 28.6 Å². The number of benzene rings is 1. The quantitative estimate of drug-likeness (QED) is 0.250. The molecule has 2 rings (SSSR count). The number of hydrogen-bond acceptors (Lipinski definition) is 2. The van der Waals surface area contributed by atoms with E-state index in [1.54, 1.807) is 0 Å². The molecule has 0 radical (unpaired) electrons. The summed E-state index contributed by atoms with van der Waals surface area (Å²) < 4.78 is 0. The minimum Gasteiger partial charge on any atom is -0.294 e. The Labute approximate surface area is 179 Å². The van der Waals surface area contributed by atoms with Crippen LogP contribution in [0.1, 0.15) is 114 Å². The lowest BCUT2D eigenvalue weighted by atomic mass is 9.64. The minimum absolute atomic E-state index is 0.130. The highest BCUT2D eigenvalue weighted by Crippen LogP contribution is 2.45. The molecule has 0 heterocycles. The lowest BCUT2D eigenvalue weighted by Gasteiger charge is -2.38. The lowest BCUT2D eigenvalue weighted by Crippen LogP contribution is -2.32. The van der Waals surface area contributed by atoms with Crippen LogP contribution in [0.15, 0.2) is 30.3 Å². The number of Topliss-reactive ketones (excluding diaryl/α,β-unsaturated/α-hetero) is 1. The second-order valence-electron chi connectivity index (χ2n) is 9.23. The van der Waals surface area contributed by atoms with E-state index in [2.05, 4.69) is 19.9 Å². The molecule has 1 fully saturated rings. The third-order valence-electron chi connectivity index (χ3n) is 7.07. The van der Waals surface area contributed by atoms with Crippen LogP contribution in [-0.2, 0) is 0 Å². The first-order valence-electron chi connectivity index (χ1n) is 12.2. The van der Waals surface area contributed by atoms with Gasteiger partial charge in [0, 0.05) is 11.5 Å². The molecular formula is C27H41NO. The van der Waals surface area contributed by atoms with Crippen LogP contribution in [0.2, 0.25) is 0 Å². The molecule has 0 bridgehead atoms. The van der Waals surface area contributed by atoms with Gasteiger partial charge >= 0.3 is 0 Å². The van der Waals surface area contributed by atoms with E-state index < -0.39 is 0 Å². The highest BCUT2D eigenvalue weighted by Gasteiger charge is 2.39. The normalized spacial score (nSPS) is 22.7. The van der Waals surface area contributed by atoms with Crippen LogP contribution in [-0.4, -0.2) is 5.78 Å². The van der Waals surface area contributed by atoms with Gasteiger partial charge in [-0.2, -0.15) is 5.26 Å². The SMILES string of the molecule is CCCCCCCC1(C#N)CCC(C(CCCCC)C(=O)c2ccccc2)CC1. The molecular weight excluding hydrogens is 354 g/mol. The molecule has 2 nitrogen and oxygen atoms in total. The molecule has 1 aliphatic carbocycles. The summed E-state index contributed by atoms with van der Waals surface area (Å²) in [5.41, 5.74) is 0.731. The van der Waals surface area contributed by atoms with Gasteiger partial charge in [-0.15, -0.1) is 0 Å². The van der Waals surface area contributed by atoms with Crippen molar-refractivity contribution in [2.45, 2.75) is 104 Å². The fraction of sp³-hybridized carbons (Fsp3) is 0.704. The summed E-state index contributed by atoms with van der Waals surface area (Å²) in [6, 6.07) is 12.5. The zero-order valence-corrected chi connectivity index (χ0v) is 18.8. The van der Waals surface area contributed by atoms with E-state index in [9.17, 15) is 10.1 Å². The molecule has 0 amide bonds. The number of nitriles is 1. The molecule has 0 N–H and O–H groups in total. The Bertz CT molecular complexity index is 622. The largest absolute Gasteiger partial charge is 0.294 e. The lowest BCUT2D eigenvalue weighted by molar-refractivity contribution is 0.0778. The summed E-state index contributed by atoms with van der Waals surface area (Å²) in [6.07, 6.45) is 15.9. The summed E-state index contributed by atoms with van der Waals surface area (Å²) in [6.45, 7) is 4.46. The van der Waals surface area contributed by atoms with Crippen molar-refractivity contribution < 1.29 is 4.79 Å². The van der Waals surface area contributed by atoms with Gasteiger partial charge in [-0.05, 0) is 44.4 Å². The van der Waals surface area contributed by atoms with Crippen LogP contribution in [0.3, 0.4) is 0 Å². The Kier molecular flexibility index (Phi) is 10.5. The second kappa shape index (κ2) is 12.8. The summed E-state index contributed by atoms with van der Waals surface area (Å²) in [7, 11) is 0. The van der Waals surface area contributed by atoms with Gasteiger partial charge in [0.1, 0.15) is 0 Å². The molecule has 1 aliphatic rings. The number of ketones is 1. The maximum Gasteiger partial charge on any atom is 0.166 e. The summed E-state index contributed by atoms with van der Waals surface area (Å²) >= 11 is 0. The van der Waals surface area contributed by atoms with Gasteiger partial charge in [0.2, 0.25) is 0 Å². The molecule has 1 aromatic rings. The van der Waals surface area contributed by atoms with Crippen molar-refractivity contribution in [3.05, 3.63) is 35.9 Å². The zero-order valence-electron chi connectivity index (χ0n) is 18.8. The summed E-state index contributed by atoms with van der Waals surface area (Å²) in [5.74, 6) is 0.905. The fourth-order valence-electron chi connectivity index (χ4n) is 5.09. The van der Waals surface area contributed by atoms with Gasteiger partial charge in [-0.3, -0.25) is 4.79 Å². The molecule has 0 spiro atoms. The third kappa shape index (κ3) is 7.29. The Morgan fingerprint density at radius 2 is 1.62 bits per heavy atom. The molecule has 29 heavy (non-hydrogen) atoms. The molecule has 0 aromatic heterocycles.